The molecule has 3 rings (SSSR count). The number of para-hydroxylation sites is 1. The Morgan fingerprint density at radius 2 is 1.96 bits per heavy atom. The molecule has 4 nitrogen and oxygen atoms in total. The van der Waals surface area contributed by atoms with E-state index in [1.54, 1.807) is 0 Å². The summed E-state index contributed by atoms with van der Waals surface area (Å²) in [7, 11) is 0. The van der Waals surface area contributed by atoms with E-state index in [-0.39, 0.29) is 11.5 Å². The van der Waals surface area contributed by atoms with Crippen molar-refractivity contribution in [1.82, 2.24) is 0 Å². The minimum atomic E-state index is -0.481. The van der Waals surface area contributed by atoms with Crippen LogP contribution in [0.1, 0.15) is 64.0 Å². The summed E-state index contributed by atoms with van der Waals surface area (Å²) in [6.45, 7) is 7.08. The van der Waals surface area contributed by atoms with Crippen LogP contribution < -0.4 is 10.6 Å². The summed E-state index contributed by atoms with van der Waals surface area (Å²) < 4.78 is 5.64. The maximum absolute atomic E-state index is 12.7. The van der Waals surface area contributed by atoms with Crippen LogP contribution in [0.2, 0.25) is 0 Å². The SMILES string of the molecule is CC(C)(C)OC(=O)N1CCc2cccc(C3(CN)CCCCC3)c21. The van der Waals surface area contributed by atoms with Crippen LogP contribution in [0.4, 0.5) is 10.5 Å². The maximum atomic E-state index is 12.7. The van der Waals surface area contributed by atoms with E-state index in [4.69, 9.17) is 10.5 Å². The molecule has 4 heteroatoms. The van der Waals surface area contributed by atoms with Crippen molar-refractivity contribution in [3.05, 3.63) is 29.3 Å². The highest BCUT2D eigenvalue weighted by Gasteiger charge is 2.39. The van der Waals surface area contributed by atoms with Crippen molar-refractivity contribution in [3.63, 3.8) is 0 Å². The Labute approximate surface area is 145 Å². The molecule has 132 valence electrons. The number of carbonyl (C=O) groups excluding carboxylic acids is 1. The number of benzene rings is 1. The molecule has 1 aliphatic heterocycles. The Morgan fingerprint density at radius 3 is 2.58 bits per heavy atom. The second kappa shape index (κ2) is 6.40. The number of carbonyl (C=O) groups is 1. The normalized spacial score (nSPS) is 19.9. The van der Waals surface area contributed by atoms with Gasteiger partial charge in [-0.25, -0.2) is 4.79 Å². The van der Waals surface area contributed by atoms with E-state index in [0.717, 1.165) is 24.9 Å². The van der Waals surface area contributed by atoms with Crippen molar-refractivity contribution in [1.29, 1.82) is 0 Å². The van der Waals surface area contributed by atoms with Gasteiger partial charge in [0.15, 0.2) is 0 Å². The number of anilines is 1. The van der Waals surface area contributed by atoms with Gasteiger partial charge in [0.05, 0.1) is 5.69 Å². The van der Waals surface area contributed by atoms with Gasteiger partial charge in [-0.05, 0) is 51.2 Å². The van der Waals surface area contributed by atoms with Crippen LogP contribution in [0.15, 0.2) is 18.2 Å². The van der Waals surface area contributed by atoms with Crippen LogP contribution in [0.5, 0.6) is 0 Å². The van der Waals surface area contributed by atoms with E-state index in [2.05, 4.69) is 18.2 Å². The van der Waals surface area contributed by atoms with Gasteiger partial charge in [0.2, 0.25) is 0 Å². The molecule has 1 aromatic rings. The van der Waals surface area contributed by atoms with Gasteiger partial charge < -0.3 is 10.5 Å². The highest BCUT2D eigenvalue weighted by molar-refractivity contribution is 5.92. The standard InChI is InChI=1S/C20H30N2O2/c1-19(2,3)24-18(23)22-13-10-15-8-7-9-16(17(15)22)20(14-21)11-5-4-6-12-20/h7-9H,4-6,10-14,21H2,1-3H3. The van der Waals surface area contributed by atoms with Gasteiger partial charge in [0.1, 0.15) is 5.60 Å². The van der Waals surface area contributed by atoms with Gasteiger partial charge in [-0.1, -0.05) is 37.5 Å². The molecule has 0 bridgehead atoms. The zero-order valence-corrected chi connectivity index (χ0v) is 15.2. The summed E-state index contributed by atoms with van der Waals surface area (Å²) in [4.78, 5) is 14.6. The predicted molar refractivity (Wildman–Crippen MR) is 97.5 cm³/mol. The topological polar surface area (TPSA) is 55.6 Å². The van der Waals surface area contributed by atoms with Crippen LogP contribution in [-0.4, -0.2) is 24.8 Å². The maximum Gasteiger partial charge on any atom is 0.414 e. The van der Waals surface area contributed by atoms with Crippen LogP contribution in [0, 0.1) is 0 Å². The molecule has 1 aromatic carbocycles. The molecular weight excluding hydrogens is 300 g/mol. The molecule has 0 unspecified atom stereocenters. The number of rotatable bonds is 2. The zero-order valence-electron chi connectivity index (χ0n) is 15.2. The van der Waals surface area contributed by atoms with Crippen molar-refractivity contribution < 1.29 is 9.53 Å². The largest absolute Gasteiger partial charge is 0.443 e. The van der Waals surface area contributed by atoms with Crippen molar-refractivity contribution >= 4 is 11.8 Å². The fourth-order valence-corrected chi connectivity index (χ4v) is 4.20. The van der Waals surface area contributed by atoms with Crippen molar-refractivity contribution in [2.45, 2.75) is 70.3 Å². The number of amides is 1. The molecule has 24 heavy (non-hydrogen) atoms. The molecular formula is C20H30N2O2. The summed E-state index contributed by atoms with van der Waals surface area (Å²) in [6, 6.07) is 6.44. The quantitative estimate of drug-likeness (QED) is 0.886. The number of nitrogens with zero attached hydrogens (tertiary/aromatic N) is 1. The Hall–Kier alpha value is -1.55. The zero-order chi connectivity index (χ0) is 17.4. The van der Waals surface area contributed by atoms with Gasteiger partial charge in [0, 0.05) is 18.5 Å². The first-order valence-electron chi connectivity index (χ1n) is 9.19. The molecule has 1 saturated carbocycles. The Balaban J connectivity index is 1.99. The number of nitrogens with two attached hydrogens (primary N) is 1. The summed E-state index contributed by atoms with van der Waals surface area (Å²) in [5.74, 6) is 0. The van der Waals surface area contributed by atoms with E-state index in [1.165, 1.54) is 30.4 Å². The lowest BCUT2D eigenvalue weighted by Gasteiger charge is -2.39. The van der Waals surface area contributed by atoms with Gasteiger partial charge >= 0.3 is 6.09 Å². The Morgan fingerprint density at radius 1 is 1.25 bits per heavy atom. The first kappa shape index (κ1) is 17.3. The monoisotopic (exact) mass is 330 g/mol. The highest BCUT2D eigenvalue weighted by atomic mass is 16.6. The fourth-order valence-electron chi connectivity index (χ4n) is 4.20. The second-order valence-corrected chi connectivity index (χ2v) is 8.24. The minimum Gasteiger partial charge on any atom is -0.443 e. The van der Waals surface area contributed by atoms with Crippen LogP contribution in [-0.2, 0) is 16.6 Å². The van der Waals surface area contributed by atoms with Crippen LogP contribution in [0.3, 0.4) is 0 Å². The number of hydrogen-bond donors (Lipinski definition) is 1. The molecule has 0 saturated heterocycles. The number of fused-ring (bicyclic) bond motifs is 1. The summed E-state index contributed by atoms with van der Waals surface area (Å²) in [6.07, 6.45) is 6.59. The molecule has 2 N–H and O–H groups in total. The molecule has 0 atom stereocenters. The second-order valence-electron chi connectivity index (χ2n) is 8.24. The molecule has 0 spiro atoms. The van der Waals surface area contributed by atoms with Crippen molar-refractivity contribution in [2.75, 3.05) is 18.0 Å². The van der Waals surface area contributed by atoms with Gasteiger partial charge in [0.25, 0.3) is 0 Å². The molecule has 0 aromatic heterocycles. The smallest absolute Gasteiger partial charge is 0.414 e. The predicted octanol–water partition coefficient (Wildman–Crippen LogP) is 4.14. The molecule has 1 fully saturated rings. The third-order valence-corrected chi connectivity index (χ3v) is 5.38. The summed E-state index contributed by atoms with van der Waals surface area (Å²) >= 11 is 0. The third-order valence-electron chi connectivity index (χ3n) is 5.38. The fraction of sp³-hybridized carbons (Fsp3) is 0.650. The first-order valence-corrected chi connectivity index (χ1v) is 9.19. The number of hydrogen-bond acceptors (Lipinski definition) is 3. The molecule has 1 aliphatic carbocycles. The van der Waals surface area contributed by atoms with E-state index in [0.29, 0.717) is 13.1 Å². The van der Waals surface area contributed by atoms with Crippen molar-refractivity contribution in [3.8, 4) is 0 Å². The van der Waals surface area contributed by atoms with Crippen molar-refractivity contribution in [2.24, 2.45) is 5.73 Å². The third kappa shape index (κ3) is 3.16. The lowest BCUT2D eigenvalue weighted by Crippen LogP contribution is -2.40. The Kier molecular flexibility index (Phi) is 4.60. The first-order chi connectivity index (χ1) is 11.4. The molecule has 0 radical (unpaired) electrons. The molecule has 1 heterocycles. The average Bonchev–Trinajstić information content (AvgIpc) is 2.98. The molecule has 1 amide bonds. The van der Waals surface area contributed by atoms with E-state index in [9.17, 15) is 4.79 Å². The highest BCUT2D eigenvalue weighted by Crippen LogP contribution is 2.45. The van der Waals surface area contributed by atoms with Gasteiger partial charge in [-0.3, -0.25) is 4.90 Å². The van der Waals surface area contributed by atoms with Gasteiger partial charge in [-0.15, -0.1) is 0 Å². The minimum absolute atomic E-state index is 0.00813. The summed E-state index contributed by atoms with van der Waals surface area (Å²) in [5, 5.41) is 0. The number of ether oxygens (including phenoxy) is 1. The molecule has 2 aliphatic rings. The van der Waals surface area contributed by atoms with Gasteiger partial charge in [-0.2, -0.15) is 0 Å². The lowest BCUT2D eigenvalue weighted by molar-refractivity contribution is 0.0583. The lowest BCUT2D eigenvalue weighted by atomic mass is 9.68. The van der Waals surface area contributed by atoms with E-state index in [1.807, 2.05) is 25.7 Å². The summed E-state index contributed by atoms with van der Waals surface area (Å²) in [5.41, 5.74) is 9.35. The van der Waals surface area contributed by atoms with Crippen LogP contribution in [0.25, 0.3) is 0 Å². The van der Waals surface area contributed by atoms with Crippen LogP contribution >= 0.6 is 0 Å². The average molecular weight is 330 g/mol. The Bertz CT molecular complexity index is 613. The van der Waals surface area contributed by atoms with E-state index < -0.39 is 5.60 Å². The van der Waals surface area contributed by atoms with E-state index >= 15 is 0 Å².